The number of carbonyl (C=O) groups excluding carboxylic acids is 2. The van der Waals surface area contributed by atoms with Crippen molar-refractivity contribution in [3.8, 4) is 0 Å². The Balaban J connectivity index is 1.09. The summed E-state index contributed by atoms with van der Waals surface area (Å²) in [6.07, 6.45) is 3.92. The third kappa shape index (κ3) is 3.21. The van der Waals surface area contributed by atoms with Crippen molar-refractivity contribution in [2.24, 2.45) is 5.41 Å². The van der Waals surface area contributed by atoms with Crippen LogP contribution in [0.25, 0.3) is 0 Å². The minimum atomic E-state index is -0.378. The van der Waals surface area contributed by atoms with E-state index in [9.17, 15) is 9.59 Å². The molecule has 1 saturated carbocycles. The Labute approximate surface area is 178 Å². The summed E-state index contributed by atoms with van der Waals surface area (Å²) in [7, 11) is -0.266. The Hall–Kier alpha value is -1.74. The van der Waals surface area contributed by atoms with Crippen LogP contribution in [0.1, 0.15) is 53.4 Å². The van der Waals surface area contributed by atoms with Gasteiger partial charge in [0.2, 0.25) is 0 Å². The third-order valence-corrected chi connectivity index (χ3v) is 8.02. The Morgan fingerprint density at radius 1 is 1.00 bits per heavy atom. The molecule has 1 aliphatic carbocycles. The molecule has 9 heteroatoms. The van der Waals surface area contributed by atoms with E-state index in [-0.39, 0.29) is 41.4 Å². The summed E-state index contributed by atoms with van der Waals surface area (Å²) >= 11 is 0. The van der Waals surface area contributed by atoms with Crippen LogP contribution in [-0.2, 0) is 14.0 Å². The average Bonchev–Trinajstić information content (AvgIpc) is 3.08. The van der Waals surface area contributed by atoms with E-state index in [1.54, 1.807) is 0 Å². The lowest BCUT2D eigenvalue weighted by atomic mass is 9.66. The van der Waals surface area contributed by atoms with Gasteiger partial charge in [-0.3, -0.25) is 0 Å². The van der Waals surface area contributed by atoms with Gasteiger partial charge in [0, 0.05) is 18.5 Å². The molecule has 5 fully saturated rings. The highest BCUT2D eigenvalue weighted by molar-refractivity contribution is 6.51. The van der Waals surface area contributed by atoms with Crippen LogP contribution in [0, 0.1) is 5.41 Å². The Kier molecular flexibility index (Phi) is 4.30. The van der Waals surface area contributed by atoms with Crippen molar-refractivity contribution in [2.45, 2.75) is 70.1 Å². The first kappa shape index (κ1) is 20.2. The van der Waals surface area contributed by atoms with Crippen LogP contribution >= 0.6 is 0 Å². The summed E-state index contributed by atoms with van der Waals surface area (Å²) in [6, 6.07) is 0.0888. The molecule has 30 heavy (non-hydrogen) atoms. The molecule has 5 rings (SSSR count). The van der Waals surface area contributed by atoms with Crippen molar-refractivity contribution < 1.29 is 23.6 Å². The molecule has 4 aliphatic heterocycles. The zero-order valence-corrected chi connectivity index (χ0v) is 18.5. The number of alkyl carbamates (subject to hydrolysis) is 1. The first-order valence-electron chi connectivity index (χ1n) is 11.0. The fourth-order valence-corrected chi connectivity index (χ4v) is 5.31. The topological polar surface area (TPSA) is 80.3 Å². The number of carbonyl (C=O) groups is 2. The zero-order valence-electron chi connectivity index (χ0n) is 18.5. The van der Waals surface area contributed by atoms with E-state index in [0.29, 0.717) is 19.7 Å². The van der Waals surface area contributed by atoms with Gasteiger partial charge in [0.1, 0.15) is 12.1 Å². The van der Waals surface area contributed by atoms with E-state index < -0.39 is 0 Å². The van der Waals surface area contributed by atoms with E-state index in [0.717, 1.165) is 38.8 Å². The minimum Gasteiger partial charge on any atom is -0.447 e. The molecule has 0 aromatic rings. The van der Waals surface area contributed by atoms with Gasteiger partial charge >= 0.3 is 19.2 Å². The lowest BCUT2D eigenvalue weighted by Crippen LogP contribution is -2.73. The smallest absolute Gasteiger partial charge is 0.447 e. The van der Waals surface area contributed by atoms with Crippen LogP contribution in [0.5, 0.6) is 0 Å². The van der Waals surface area contributed by atoms with E-state index in [1.165, 1.54) is 5.57 Å². The molecule has 0 bridgehead atoms. The van der Waals surface area contributed by atoms with Crippen LogP contribution in [0.15, 0.2) is 11.5 Å². The van der Waals surface area contributed by atoms with Crippen LogP contribution in [-0.4, -0.2) is 78.6 Å². The number of rotatable bonds is 1. The summed E-state index contributed by atoms with van der Waals surface area (Å²) in [5.74, 6) is 2.17. The van der Waals surface area contributed by atoms with Crippen LogP contribution in [0.4, 0.5) is 9.59 Å². The number of allylic oxidation sites excluding steroid dienone is 1. The summed E-state index contributed by atoms with van der Waals surface area (Å²) in [4.78, 5) is 27.8. The molecule has 0 aromatic heterocycles. The fraction of sp³-hybridized carbons (Fsp3) is 0.810. The predicted octanol–water partition coefficient (Wildman–Crippen LogP) is 2.33. The van der Waals surface area contributed by atoms with Crippen molar-refractivity contribution >= 4 is 19.2 Å². The van der Waals surface area contributed by atoms with Crippen molar-refractivity contribution in [3.05, 3.63) is 11.5 Å². The monoisotopic (exact) mass is 417 g/mol. The quantitative estimate of drug-likeness (QED) is 0.663. The highest BCUT2D eigenvalue weighted by atomic mass is 16.7. The summed E-state index contributed by atoms with van der Waals surface area (Å²) < 4.78 is 17.2. The predicted molar refractivity (Wildman–Crippen MR) is 111 cm³/mol. The molecule has 2 spiro atoms. The number of likely N-dealkylation sites (tertiary alicyclic amines) is 2. The first-order valence-corrected chi connectivity index (χ1v) is 11.0. The Morgan fingerprint density at radius 2 is 1.57 bits per heavy atom. The van der Waals surface area contributed by atoms with Gasteiger partial charge in [-0.25, -0.2) is 9.59 Å². The molecule has 0 atom stereocenters. The third-order valence-electron chi connectivity index (χ3n) is 8.02. The normalized spacial score (nSPS) is 30.1. The summed E-state index contributed by atoms with van der Waals surface area (Å²) in [6.45, 7) is 11.4. The van der Waals surface area contributed by atoms with Crippen LogP contribution < -0.4 is 5.32 Å². The van der Waals surface area contributed by atoms with Gasteiger partial charge in [0.05, 0.1) is 24.3 Å². The second-order valence-corrected chi connectivity index (χ2v) is 10.9. The van der Waals surface area contributed by atoms with Crippen molar-refractivity contribution in [1.82, 2.24) is 15.1 Å². The van der Waals surface area contributed by atoms with Crippen LogP contribution in [0.2, 0.25) is 0 Å². The maximum absolute atomic E-state index is 12.7. The standard InChI is InChI=1S/C21H32BN3O5/c1-18(2)19(3,4)30-22(29-18)9-15-5-7-20(8-6-15)10-24(11-20)17(27)25-12-21(13-25)14-28-16(26)23-21/h9H,5-8,10-14H2,1-4H3,(H,23,26). The second kappa shape index (κ2) is 6.39. The molecule has 3 amide bonds. The van der Waals surface area contributed by atoms with E-state index in [2.05, 4.69) is 39.0 Å². The van der Waals surface area contributed by atoms with E-state index in [4.69, 9.17) is 14.0 Å². The Bertz CT molecular complexity index is 770. The molecule has 1 N–H and O–H groups in total. The molecule has 164 valence electrons. The van der Waals surface area contributed by atoms with E-state index in [1.807, 2.05) is 9.80 Å². The number of hydrogen-bond acceptors (Lipinski definition) is 5. The van der Waals surface area contributed by atoms with Crippen LogP contribution in [0.3, 0.4) is 0 Å². The van der Waals surface area contributed by atoms with Crippen molar-refractivity contribution in [2.75, 3.05) is 32.8 Å². The summed E-state index contributed by atoms with van der Waals surface area (Å²) in [5.41, 5.74) is 0.708. The fourth-order valence-electron chi connectivity index (χ4n) is 5.31. The summed E-state index contributed by atoms with van der Waals surface area (Å²) in [5, 5.41) is 2.83. The largest absolute Gasteiger partial charge is 0.487 e. The maximum atomic E-state index is 12.7. The lowest BCUT2D eigenvalue weighted by molar-refractivity contribution is -0.0219. The average molecular weight is 417 g/mol. The zero-order chi connectivity index (χ0) is 21.4. The van der Waals surface area contributed by atoms with Gasteiger partial charge in [-0.1, -0.05) is 11.5 Å². The number of hydrogen-bond donors (Lipinski definition) is 1. The van der Waals surface area contributed by atoms with Crippen molar-refractivity contribution in [1.29, 1.82) is 0 Å². The molecule has 5 aliphatic rings. The molecular formula is C21H32BN3O5. The highest BCUT2D eigenvalue weighted by Crippen LogP contribution is 2.47. The number of amides is 3. The maximum Gasteiger partial charge on any atom is 0.487 e. The second-order valence-electron chi connectivity index (χ2n) is 10.9. The number of nitrogens with one attached hydrogen (secondary N) is 1. The Morgan fingerprint density at radius 3 is 2.10 bits per heavy atom. The molecule has 0 radical (unpaired) electrons. The minimum absolute atomic E-state index is 0.0888. The van der Waals surface area contributed by atoms with E-state index >= 15 is 0 Å². The highest BCUT2D eigenvalue weighted by Gasteiger charge is 2.55. The first-order chi connectivity index (χ1) is 14.0. The van der Waals surface area contributed by atoms with Gasteiger partial charge in [-0.15, -0.1) is 0 Å². The number of ether oxygens (including phenoxy) is 1. The lowest BCUT2D eigenvalue weighted by Gasteiger charge is -2.56. The van der Waals surface area contributed by atoms with Gasteiger partial charge < -0.3 is 29.2 Å². The number of cyclic esters (lactones) is 1. The molecular weight excluding hydrogens is 385 g/mol. The molecule has 0 aromatic carbocycles. The molecule has 8 nitrogen and oxygen atoms in total. The van der Waals surface area contributed by atoms with Gasteiger partial charge in [-0.05, 0) is 53.4 Å². The van der Waals surface area contributed by atoms with Gasteiger partial charge in [-0.2, -0.15) is 0 Å². The SMILES string of the molecule is CC1(C)OB(C=C2CCC3(CC2)CN(C(=O)N2CC4(COC(=O)N4)C2)C3)OC1(C)C. The van der Waals surface area contributed by atoms with Crippen molar-refractivity contribution in [3.63, 3.8) is 0 Å². The molecule has 0 unspecified atom stereocenters. The molecule has 4 saturated heterocycles. The van der Waals surface area contributed by atoms with Gasteiger partial charge in [0.15, 0.2) is 0 Å². The molecule has 4 heterocycles. The number of urea groups is 1. The van der Waals surface area contributed by atoms with Gasteiger partial charge in [0.25, 0.3) is 0 Å². The number of nitrogens with zero attached hydrogens (tertiary/aromatic N) is 2.